The predicted molar refractivity (Wildman–Crippen MR) is 39.1 cm³/mol. The fourth-order valence-electron chi connectivity index (χ4n) is 0.248. The molecule has 0 radical (unpaired) electrons. The summed E-state index contributed by atoms with van der Waals surface area (Å²) < 4.78 is 0. The molecule has 0 aromatic rings. The molecule has 0 saturated heterocycles. The summed E-state index contributed by atoms with van der Waals surface area (Å²) in [5, 5.41) is 2.53. The monoisotopic (exact) mass is 132 g/mol. The first-order valence-corrected chi connectivity index (χ1v) is 3.22. The Hall–Kier alpha value is -0.570. The SMILES string of the molecule is CC.CC(=O)NCCN. The fraction of sp³-hybridized carbons (Fsp3) is 0.833. The highest BCUT2D eigenvalue weighted by molar-refractivity contribution is 5.72. The van der Waals surface area contributed by atoms with Crippen molar-refractivity contribution in [2.45, 2.75) is 20.8 Å². The molecule has 0 aliphatic rings. The number of rotatable bonds is 2. The third-order valence-electron chi connectivity index (χ3n) is 0.518. The molecule has 0 atom stereocenters. The molecular formula is C6H16N2O. The first-order valence-electron chi connectivity index (χ1n) is 3.22. The highest BCUT2D eigenvalue weighted by Crippen LogP contribution is 1.54. The minimum atomic E-state index is -0.0227. The zero-order valence-corrected chi connectivity index (χ0v) is 6.40. The van der Waals surface area contributed by atoms with Crippen LogP contribution in [0.25, 0.3) is 0 Å². The van der Waals surface area contributed by atoms with E-state index in [1.54, 1.807) is 0 Å². The van der Waals surface area contributed by atoms with Crippen LogP contribution in [-0.4, -0.2) is 19.0 Å². The Balaban J connectivity index is 0. The molecule has 0 saturated carbocycles. The number of nitrogens with one attached hydrogen (secondary N) is 1. The first kappa shape index (κ1) is 11.3. The van der Waals surface area contributed by atoms with E-state index in [1.807, 2.05) is 13.8 Å². The molecule has 0 aliphatic heterocycles. The zero-order chi connectivity index (χ0) is 7.70. The smallest absolute Gasteiger partial charge is 0.216 e. The summed E-state index contributed by atoms with van der Waals surface area (Å²) in [7, 11) is 0. The van der Waals surface area contributed by atoms with Crippen molar-refractivity contribution < 1.29 is 4.79 Å². The maximum atomic E-state index is 10.0. The number of carbonyl (C=O) groups is 1. The summed E-state index contributed by atoms with van der Waals surface area (Å²) in [6.45, 7) is 6.56. The first-order chi connectivity index (χ1) is 4.27. The maximum Gasteiger partial charge on any atom is 0.216 e. The van der Waals surface area contributed by atoms with E-state index < -0.39 is 0 Å². The molecule has 0 spiro atoms. The third-order valence-corrected chi connectivity index (χ3v) is 0.518. The molecule has 3 nitrogen and oxygen atoms in total. The molecular weight excluding hydrogens is 116 g/mol. The van der Waals surface area contributed by atoms with E-state index in [0.29, 0.717) is 13.1 Å². The number of nitrogens with two attached hydrogens (primary N) is 1. The van der Waals surface area contributed by atoms with Gasteiger partial charge >= 0.3 is 0 Å². The van der Waals surface area contributed by atoms with E-state index in [0.717, 1.165) is 0 Å². The molecule has 0 bridgehead atoms. The van der Waals surface area contributed by atoms with Crippen LogP contribution in [0, 0.1) is 0 Å². The Bertz CT molecular complexity index is 64.1. The summed E-state index contributed by atoms with van der Waals surface area (Å²) in [6, 6.07) is 0. The van der Waals surface area contributed by atoms with Gasteiger partial charge in [0, 0.05) is 20.0 Å². The van der Waals surface area contributed by atoms with Gasteiger partial charge in [0.15, 0.2) is 0 Å². The second kappa shape index (κ2) is 10.4. The largest absolute Gasteiger partial charge is 0.355 e. The Morgan fingerprint density at radius 2 is 2.00 bits per heavy atom. The fourth-order valence-corrected chi connectivity index (χ4v) is 0.248. The lowest BCUT2D eigenvalue weighted by molar-refractivity contribution is -0.118. The molecule has 3 N–H and O–H groups in total. The van der Waals surface area contributed by atoms with Crippen LogP contribution in [0.3, 0.4) is 0 Å². The Labute approximate surface area is 56.6 Å². The Morgan fingerprint density at radius 3 is 2.11 bits per heavy atom. The van der Waals surface area contributed by atoms with Gasteiger partial charge < -0.3 is 11.1 Å². The molecule has 0 unspecified atom stereocenters. The molecule has 0 aliphatic carbocycles. The zero-order valence-electron chi connectivity index (χ0n) is 6.40. The van der Waals surface area contributed by atoms with Crippen LogP contribution in [0.5, 0.6) is 0 Å². The van der Waals surface area contributed by atoms with Gasteiger partial charge in [-0.15, -0.1) is 0 Å². The minimum absolute atomic E-state index is 0.0227. The minimum Gasteiger partial charge on any atom is -0.355 e. The van der Waals surface area contributed by atoms with E-state index >= 15 is 0 Å². The molecule has 0 aromatic heterocycles. The summed E-state index contributed by atoms with van der Waals surface area (Å²) in [4.78, 5) is 10.0. The molecule has 9 heavy (non-hydrogen) atoms. The average molecular weight is 132 g/mol. The number of carbonyl (C=O) groups excluding carboxylic acids is 1. The lowest BCUT2D eigenvalue weighted by Gasteiger charge is -1.93. The van der Waals surface area contributed by atoms with E-state index in [1.165, 1.54) is 6.92 Å². The van der Waals surface area contributed by atoms with E-state index in [2.05, 4.69) is 5.32 Å². The topological polar surface area (TPSA) is 55.1 Å². The van der Waals surface area contributed by atoms with Crippen LogP contribution in [0.2, 0.25) is 0 Å². The maximum absolute atomic E-state index is 10.0. The van der Waals surface area contributed by atoms with E-state index in [-0.39, 0.29) is 5.91 Å². The second-order valence-electron chi connectivity index (χ2n) is 1.27. The summed E-state index contributed by atoms with van der Waals surface area (Å²) in [5.41, 5.74) is 5.06. The number of hydrogen-bond acceptors (Lipinski definition) is 2. The standard InChI is InChI=1S/C4H10N2O.C2H6/c1-4(7)6-3-2-5;1-2/h2-3,5H2,1H3,(H,6,7);1-2H3. The lowest BCUT2D eigenvalue weighted by atomic mass is 10.6. The van der Waals surface area contributed by atoms with Crippen molar-refractivity contribution in [2.75, 3.05) is 13.1 Å². The van der Waals surface area contributed by atoms with E-state index in [4.69, 9.17) is 5.73 Å². The van der Waals surface area contributed by atoms with Crippen molar-refractivity contribution in [1.29, 1.82) is 0 Å². The molecule has 0 fully saturated rings. The highest BCUT2D eigenvalue weighted by atomic mass is 16.1. The normalized spacial score (nSPS) is 7.11. The Kier molecular flexibility index (Phi) is 13.0. The van der Waals surface area contributed by atoms with Gasteiger partial charge in [-0.25, -0.2) is 0 Å². The quantitative estimate of drug-likeness (QED) is 0.560. The molecule has 0 rings (SSSR count). The van der Waals surface area contributed by atoms with Gasteiger partial charge in [-0.3, -0.25) is 4.79 Å². The number of amides is 1. The van der Waals surface area contributed by atoms with Gasteiger partial charge in [-0.1, -0.05) is 13.8 Å². The average Bonchev–Trinajstić information content (AvgIpc) is 1.88. The summed E-state index contributed by atoms with van der Waals surface area (Å²) in [5.74, 6) is -0.0227. The molecule has 0 heterocycles. The molecule has 1 amide bonds. The summed E-state index contributed by atoms with van der Waals surface area (Å²) >= 11 is 0. The van der Waals surface area contributed by atoms with Crippen LogP contribution in [-0.2, 0) is 4.79 Å². The van der Waals surface area contributed by atoms with Crippen LogP contribution < -0.4 is 11.1 Å². The van der Waals surface area contributed by atoms with Crippen molar-refractivity contribution >= 4 is 5.91 Å². The van der Waals surface area contributed by atoms with Gasteiger partial charge in [0.05, 0.1) is 0 Å². The van der Waals surface area contributed by atoms with Gasteiger partial charge in [0.1, 0.15) is 0 Å². The number of hydrogen-bond donors (Lipinski definition) is 2. The van der Waals surface area contributed by atoms with E-state index in [9.17, 15) is 4.79 Å². The second-order valence-corrected chi connectivity index (χ2v) is 1.27. The van der Waals surface area contributed by atoms with Crippen LogP contribution in [0.4, 0.5) is 0 Å². The van der Waals surface area contributed by atoms with Gasteiger partial charge in [0.25, 0.3) is 0 Å². The van der Waals surface area contributed by atoms with Gasteiger partial charge in [0.2, 0.25) is 5.91 Å². The van der Waals surface area contributed by atoms with Crippen molar-refractivity contribution in [3.63, 3.8) is 0 Å². The molecule has 3 heteroatoms. The third kappa shape index (κ3) is 18.6. The van der Waals surface area contributed by atoms with Gasteiger partial charge in [-0.2, -0.15) is 0 Å². The van der Waals surface area contributed by atoms with Crippen LogP contribution >= 0.6 is 0 Å². The van der Waals surface area contributed by atoms with Crippen LogP contribution in [0.15, 0.2) is 0 Å². The molecule has 0 aromatic carbocycles. The highest BCUT2D eigenvalue weighted by Gasteiger charge is 1.83. The van der Waals surface area contributed by atoms with Crippen molar-refractivity contribution in [1.82, 2.24) is 5.32 Å². The Morgan fingerprint density at radius 1 is 1.56 bits per heavy atom. The summed E-state index contributed by atoms with van der Waals surface area (Å²) in [6.07, 6.45) is 0. The van der Waals surface area contributed by atoms with Crippen molar-refractivity contribution in [2.24, 2.45) is 5.73 Å². The molecule has 56 valence electrons. The van der Waals surface area contributed by atoms with Crippen molar-refractivity contribution in [3.8, 4) is 0 Å². The van der Waals surface area contributed by atoms with Gasteiger partial charge in [-0.05, 0) is 0 Å². The van der Waals surface area contributed by atoms with Crippen LogP contribution in [0.1, 0.15) is 20.8 Å². The predicted octanol–water partition coefficient (Wildman–Crippen LogP) is 0.107. The lowest BCUT2D eigenvalue weighted by Crippen LogP contribution is -2.26. The van der Waals surface area contributed by atoms with Crippen molar-refractivity contribution in [3.05, 3.63) is 0 Å².